The van der Waals surface area contributed by atoms with Crippen molar-refractivity contribution >= 4 is 63.2 Å². The molecule has 0 spiro atoms. The number of carbonyl (C=O) groups excluding carboxylic acids is 2. The van der Waals surface area contributed by atoms with Crippen molar-refractivity contribution in [3.05, 3.63) is 42.5 Å². The van der Waals surface area contributed by atoms with E-state index in [1.165, 1.54) is 39.7 Å². The number of hydrazone groups is 1. The molecule has 0 saturated heterocycles. The Bertz CT molecular complexity index is 956. The summed E-state index contributed by atoms with van der Waals surface area (Å²) in [5.74, 6) is 0.0397. The van der Waals surface area contributed by atoms with Crippen LogP contribution in [0.15, 0.2) is 29.4 Å². The first-order valence-corrected chi connectivity index (χ1v) is 10.5. The van der Waals surface area contributed by atoms with Crippen LogP contribution in [0.4, 0.5) is 0 Å². The van der Waals surface area contributed by atoms with Crippen LogP contribution in [0.2, 0.25) is 0 Å². The smallest absolute Gasteiger partial charge is 0.259 e. The molecule has 3 N–H and O–H groups in total. The minimum Gasteiger partial charge on any atom is -0.506 e. The molecular weight excluding hydrogens is 620 g/mol. The number of hydrogen-bond donors (Lipinski definition) is 3. The average Bonchev–Trinajstić information content (AvgIpc) is 2.73. The first kappa shape index (κ1) is 24.0. The number of phenolic OH excluding ortho intramolecular Hbond substituents is 1. The van der Waals surface area contributed by atoms with E-state index in [1.54, 1.807) is 6.07 Å². The summed E-state index contributed by atoms with van der Waals surface area (Å²) in [7, 11) is 4.34. The van der Waals surface area contributed by atoms with Gasteiger partial charge in [-0.3, -0.25) is 9.59 Å². The van der Waals surface area contributed by atoms with Gasteiger partial charge in [0.25, 0.3) is 11.8 Å². The highest BCUT2D eigenvalue weighted by Crippen LogP contribution is 2.38. The van der Waals surface area contributed by atoms with Gasteiger partial charge in [0.15, 0.2) is 11.5 Å². The van der Waals surface area contributed by atoms with Crippen LogP contribution in [-0.2, 0) is 4.79 Å². The number of amides is 2. The number of nitrogens with one attached hydrogen (secondary N) is 2. The van der Waals surface area contributed by atoms with E-state index in [1.807, 2.05) is 28.7 Å². The van der Waals surface area contributed by atoms with Gasteiger partial charge in [-0.25, -0.2) is 5.43 Å². The molecule has 0 aliphatic heterocycles. The summed E-state index contributed by atoms with van der Waals surface area (Å²) in [6.07, 6.45) is 1.33. The molecule has 160 valence electrons. The number of carbonyl (C=O) groups is 2. The lowest BCUT2D eigenvalue weighted by atomic mass is 10.1. The fourth-order valence-corrected chi connectivity index (χ4v) is 4.26. The lowest BCUT2D eigenvalue weighted by Gasteiger charge is -2.14. The number of nitrogens with zero attached hydrogens (tertiary/aromatic N) is 1. The zero-order valence-electron chi connectivity index (χ0n) is 16.3. The molecule has 0 aromatic heterocycles. The maximum atomic E-state index is 12.4. The second-order valence-corrected chi connectivity index (χ2v) is 8.12. The van der Waals surface area contributed by atoms with Crippen molar-refractivity contribution < 1.29 is 28.9 Å². The maximum Gasteiger partial charge on any atom is 0.259 e. The van der Waals surface area contributed by atoms with Gasteiger partial charge in [0, 0.05) is 14.7 Å². The van der Waals surface area contributed by atoms with E-state index in [9.17, 15) is 14.7 Å². The lowest BCUT2D eigenvalue weighted by Crippen LogP contribution is -2.35. The molecule has 0 fully saturated rings. The summed E-state index contributed by atoms with van der Waals surface area (Å²) in [6, 6.07) is 6.49. The van der Waals surface area contributed by atoms with Crippen LogP contribution < -0.4 is 25.0 Å². The molecule has 0 aliphatic carbocycles. The molecule has 0 radical (unpaired) electrons. The summed E-state index contributed by atoms with van der Waals surface area (Å²) in [5.41, 5.74) is 3.00. The van der Waals surface area contributed by atoms with E-state index in [-0.39, 0.29) is 17.9 Å². The Morgan fingerprint density at radius 3 is 2.27 bits per heavy atom. The number of halogens is 2. The van der Waals surface area contributed by atoms with E-state index in [4.69, 9.17) is 14.2 Å². The molecule has 0 aliphatic rings. The molecule has 11 heteroatoms. The third kappa shape index (κ3) is 6.10. The molecule has 0 atom stereocenters. The van der Waals surface area contributed by atoms with E-state index < -0.39 is 11.8 Å². The van der Waals surface area contributed by atoms with E-state index in [0.717, 1.165) is 3.57 Å². The monoisotopic (exact) mass is 639 g/mol. The van der Waals surface area contributed by atoms with Crippen LogP contribution >= 0.6 is 45.2 Å². The number of hydrogen-bond acceptors (Lipinski definition) is 7. The molecule has 0 unspecified atom stereocenters. The van der Waals surface area contributed by atoms with Crippen LogP contribution in [0.3, 0.4) is 0 Å². The zero-order chi connectivity index (χ0) is 22.3. The van der Waals surface area contributed by atoms with Crippen molar-refractivity contribution in [3.8, 4) is 23.0 Å². The Labute approximate surface area is 200 Å². The Balaban J connectivity index is 1.99. The Morgan fingerprint density at radius 1 is 1.07 bits per heavy atom. The van der Waals surface area contributed by atoms with Crippen molar-refractivity contribution in [3.63, 3.8) is 0 Å². The van der Waals surface area contributed by atoms with Gasteiger partial charge in [0.1, 0.15) is 5.75 Å². The number of ether oxygens (including phenoxy) is 3. The maximum absolute atomic E-state index is 12.4. The van der Waals surface area contributed by atoms with Crippen molar-refractivity contribution in [1.29, 1.82) is 0 Å². The van der Waals surface area contributed by atoms with Gasteiger partial charge in [-0.05, 0) is 69.4 Å². The molecule has 0 bridgehead atoms. The number of benzene rings is 2. The SMILES string of the molecule is COc1cc(C(=O)NCC(=O)N/N=C\c2cc(I)cc(I)c2O)cc(OC)c1OC. The number of phenols is 1. The van der Waals surface area contributed by atoms with E-state index >= 15 is 0 Å². The van der Waals surface area contributed by atoms with Gasteiger partial charge < -0.3 is 24.6 Å². The topological polar surface area (TPSA) is 118 Å². The quantitative estimate of drug-likeness (QED) is 0.232. The summed E-state index contributed by atoms with van der Waals surface area (Å²) in [4.78, 5) is 24.3. The number of rotatable bonds is 8. The zero-order valence-corrected chi connectivity index (χ0v) is 20.6. The molecule has 0 saturated carbocycles. The van der Waals surface area contributed by atoms with Crippen molar-refractivity contribution in [1.82, 2.24) is 10.7 Å². The largest absolute Gasteiger partial charge is 0.506 e. The summed E-state index contributed by atoms with van der Waals surface area (Å²) < 4.78 is 17.2. The van der Waals surface area contributed by atoms with E-state index in [2.05, 4.69) is 38.4 Å². The standard InChI is InChI=1S/C19H19I2N3O6/c1-28-14-5-10(6-15(29-2)18(14)30-3)19(27)22-9-16(25)24-23-8-11-4-12(20)7-13(21)17(11)26/h4-8,26H,9H2,1-3H3,(H,22,27)(H,24,25)/b23-8-. The van der Waals surface area contributed by atoms with Gasteiger partial charge in [0.2, 0.25) is 5.75 Å². The summed E-state index contributed by atoms with van der Waals surface area (Å²) in [5, 5.41) is 16.3. The molecule has 30 heavy (non-hydrogen) atoms. The molecule has 0 heterocycles. The van der Waals surface area contributed by atoms with Crippen LogP contribution in [-0.4, -0.2) is 51.0 Å². The molecule has 2 rings (SSSR count). The highest BCUT2D eigenvalue weighted by molar-refractivity contribution is 14.1. The first-order chi connectivity index (χ1) is 14.3. The third-order valence-electron chi connectivity index (χ3n) is 3.79. The minimum absolute atomic E-state index is 0.0738. The number of aromatic hydroxyl groups is 1. The fraction of sp³-hybridized carbons (Fsp3) is 0.211. The third-order valence-corrected chi connectivity index (χ3v) is 5.23. The van der Waals surface area contributed by atoms with Gasteiger partial charge in [-0.15, -0.1) is 0 Å². The van der Waals surface area contributed by atoms with Gasteiger partial charge in [-0.2, -0.15) is 5.10 Å². The predicted molar refractivity (Wildman–Crippen MR) is 128 cm³/mol. The molecule has 2 amide bonds. The van der Waals surface area contributed by atoms with Gasteiger partial charge >= 0.3 is 0 Å². The predicted octanol–water partition coefficient (Wildman–Crippen LogP) is 2.51. The summed E-state index contributed by atoms with van der Waals surface area (Å²) >= 11 is 4.12. The second kappa shape index (κ2) is 11.2. The Hall–Kier alpha value is -2.29. The molecule has 2 aromatic rings. The second-order valence-electron chi connectivity index (χ2n) is 5.72. The average molecular weight is 639 g/mol. The normalized spacial score (nSPS) is 10.6. The molecule has 2 aromatic carbocycles. The van der Waals surface area contributed by atoms with Crippen LogP contribution in [0, 0.1) is 7.14 Å². The van der Waals surface area contributed by atoms with Crippen molar-refractivity contribution in [2.75, 3.05) is 27.9 Å². The van der Waals surface area contributed by atoms with Crippen LogP contribution in [0.5, 0.6) is 23.0 Å². The lowest BCUT2D eigenvalue weighted by molar-refractivity contribution is -0.120. The van der Waals surface area contributed by atoms with Crippen LogP contribution in [0.1, 0.15) is 15.9 Å². The van der Waals surface area contributed by atoms with Gasteiger partial charge in [0.05, 0.1) is 37.7 Å². The van der Waals surface area contributed by atoms with Gasteiger partial charge in [-0.1, -0.05) is 0 Å². The highest BCUT2D eigenvalue weighted by Gasteiger charge is 2.17. The Kier molecular flexibility index (Phi) is 8.95. The number of methoxy groups -OCH3 is 3. The molecule has 9 nitrogen and oxygen atoms in total. The highest BCUT2D eigenvalue weighted by atomic mass is 127. The minimum atomic E-state index is -0.535. The summed E-state index contributed by atoms with van der Waals surface area (Å²) in [6.45, 7) is -0.303. The van der Waals surface area contributed by atoms with Crippen LogP contribution in [0.25, 0.3) is 0 Å². The first-order valence-electron chi connectivity index (χ1n) is 8.38. The van der Waals surface area contributed by atoms with Crippen molar-refractivity contribution in [2.24, 2.45) is 5.10 Å². The molecular formula is C19H19I2N3O6. The van der Waals surface area contributed by atoms with Crippen molar-refractivity contribution in [2.45, 2.75) is 0 Å². The Morgan fingerprint density at radius 2 is 1.70 bits per heavy atom. The van der Waals surface area contributed by atoms with E-state index in [0.29, 0.717) is 26.4 Å². The fourth-order valence-electron chi connectivity index (χ4n) is 2.37.